The van der Waals surface area contributed by atoms with Gasteiger partial charge in [0.1, 0.15) is 5.75 Å². The van der Waals surface area contributed by atoms with Crippen LogP contribution in [-0.4, -0.2) is 45.8 Å². The predicted molar refractivity (Wildman–Crippen MR) is 61.5 cm³/mol. The molecule has 0 amide bonds. The van der Waals surface area contributed by atoms with Crippen LogP contribution in [0.2, 0.25) is 0 Å². The van der Waals surface area contributed by atoms with E-state index in [4.69, 9.17) is 4.52 Å². The minimum Gasteiger partial charge on any atom is -0.505 e. The highest BCUT2D eigenvalue weighted by atomic mass is 16.5. The Morgan fingerprint density at radius 2 is 2.24 bits per heavy atom. The summed E-state index contributed by atoms with van der Waals surface area (Å²) in [7, 11) is 3.96. The van der Waals surface area contributed by atoms with Gasteiger partial charge in [-0.25, -0.2) is 0 Å². The normalized spacial score (nSPS) is 11.0. The molecular formula is C11H14N4O2. The van der Waals surface area contributed by atoms with Crippen molar-refractivity contribution in [1.29, 1.82) is 0 Å². The molecular weight excluding hydrogens is 220 g/mol. The van der Waals surface area contributed by atoms with Crippen molar-refractivity contribution >= 4 is 0 Å². The van der Waals surface area contributed by atoms with Gasteiger partial charge in [-0.15, -0.1) is 0 Å². The second-order valence-electron chi connectivity index (χ2n) is 3.96. The van der Waals surface area contributed by atoms with Crippen molar-refractivity contribution in [2.45, 2.75) is 6.42 Å². The molecule has 0 saturated carbocycles. The maximum atomic E-state index is 9.59. The summed E-state index contributed by atoms with van der Waals surface area (Å²) in [6, 6.07) is 1.64. The van der Waals surface area contributed by atoms with Gasteiger partial charge in [0.2, 0.25) is 0 Å². The number of likely N-dealkylation sites (N-methyl/N-ethyl adjacent to an activating group) is 1. The molecule has 0 unspecified atom stereocenters. The summed E-state index contributed by atoms with van der Waals surface area (Å²) in [5.74, 6) is 0.985. The SMILES string of the molecule is CN(C)CCc1noc(-c2ccncc2O)n1. The third kappa shape index (κ3) is 2.79. The molecule has 0 fully saturated rings. The number of nitrogens with zero attached hydrogens (tertiary/aromatic N) is 4. The van der Waals surface area contributed by atoms with Crippen molar-refractivity contribution in [3.05, 3.63) is 24.3 Å². The monoisotopic (exact) mass is 234 g/mol. The third-order valence-corrected chi connectivity index (χ3v) is 2.28. The average Bonchev–Trinajstić information content (AvgIpc) is 2.75. The van der Waals surface area contributed by atoms with Crippen LogP contribution >= 0.6 is 0 Å². The number of hydrogen-bond acceptors (Lipinski definition) is 6. The van der Waals surface area contributed by atoms with Crippen molar-refractivity contribution in [2.75, 3.05) is 20.6 Å². The molecule has 2 aromatic heterocycles. The van der Waals surface area contributed by atoms with Crippen LogP contribution in [0.15, 0.2) is 23.0 Å². The molecule has 0 aliphatic carbocycles. The first-order valence-electron chi connectivity index (χ1n) is 5.27. The van der Waals surface area contributed by atoms with Gasteiger partial charge in [0.05, 0.1) is 11.8 Å². The summed E-state index contributed by atoms with van der Waals surface area (Å²) in [4.78, 5) is 10.1. The molecule has 6 nitrogen and oxygen atoms in total. The summed E-state index contributed by atoms with van der Waals surface area (Å²) in [6.45, 7) is 0.849. The molecule has 0 spiro atoms. The molecule has 6 heteroatoms. The molecule has 0 aromatic carbocycles. The topological polar surface area (TPSA) is 75.3 Å². The van der Waals surface area contributed by atoms with E-state index in [1.54, 1.807) is 12.3 Å². The van der Waals surface area contributed by atoms with E-state index >= 15 is 0 Å². The Kier molecular flexibility index (Phi) is 3.34. The Morgan fingerprint density at radius 1 is 1.41 bits per heavy atom. The van der Waals surface area contributed by atoms with Crippen LogP contribution in [0.25, 0.3) is 11.5 Å². The molecule has 2 heterocycles. The van der Waals surface area contributed by atoms with Crippen molar-refractivity contribution < 1.29 is 9.63 Å². The lowest BCUT2D eigenvalue weighted by Crippen LogP contribution is -2.15. The Morgan fingerprint density at radius 3 is 2.94 bits per heavy atom. The summed E-state index contributed by atoms with van der Waals surface area (Å²) in [6.07, 6.45) is 3.63. The van der Waals surface area contributed by atoms with Crippen LogP contribution in [0.3, 0.4) is 0 Å². The zero-order chi connectivity index (χ0) is 12.3. The van der Waals surface area contributed by atoms with Crippen molar-refractivity contribution in [3.63, 3.8) is 0 Å². The van der Waals surface area contributed by atoms with Crippen LogP contribution in [0.5, 0.6) is 5.75 Å². The molecule has 90 valence electrons. The van der Waals surface area contributed by atoms with Gasteiger partial charge < -0.3 is 14.5 Å². The fraction of sp³-hybridized carbons (Fsp3) is 0.364. The first kappa shape index (κ1) is 11.5. The lowest BCUT2D eigenvalue weighted by atomic mass is 10.2. The van der Waals surface area contributed by atoms with E-state index in [9.17, 15) is 5.11 Å². The lowest BCUT2D eigenvalue weighted by molar-refractivity contribution is 0.391. The van der Waals surface area contributed by atoms with Gasteiger partial charge >= 0.3 is 0 Å². The minimum absolute atomic E-state index is 0.0373. The van der Waals surface area contributed by atoms with Crippen LogP contribution < -0.4 is 0 Å². The predicted octanol–water partition coefficient (Wildman–Crippen LogP) is 0.941. The maximum absolute atomic E-state index is 9.59. The van der Waals surface area contributed by atoms with Crippen LogP contribution in [-0.2, 0) is 6.42 Å². The van der Waals surface area contributed by atoms with Crippen LogP contribution in [0, 0.1) is 0 Å². The minimum atomic E-state index is 0.0373. The molecule has 2 rings (SSSR count). The Balaban J connectivity index is 2.16. The van der Waals surface area contributed by atoms with Gasteiger partial charge in [-0.2, -0.15) is 4.98 Å². The number of hydrogen-bond donors (Lipinski definition) is 1. The number of aromatic hydroxyl groups is 1. The molecule has 1 N–H and O–H groups in total. The average molecular weight is 234 g/mol. The highest BCUT2D eigenvalue weighted by Crippen LogP contribution is 2.25. The van der Waals surface area contributed by atoms with Gasteiger partial charge in [-0.1, -0.05) is 5.16 Å². The van der Waals surface area contributed by atoms with Crippen molar-refractivity contribution in [3.8, 4) is 17.2 Å². The Hall–Kier alpha value is -1.95. The van der Waals surface area contributed by atoms with Gasteiger partial charge in [0.15, 0.2) is 5.82 Å². The third-order valence-electron chi connectivity index (χ3n) is 2.28. The molecule has 0 aliphatic rings. The molecule has 0 bridgehead atoms. The van der Waals surface area contributed by atoms with Gasteiger partial charge in [-0.3, -0.25) is 4.98 Å². The Labute approximate surface area is 98.9 Å². The largest absolute Gasteiger partial charge is 0.505 e. The molecule has 0 aliphatic heterocycles. The molecule has 0 saturated heterocycles. The standard InChI is InChI=1S/C11H14N4O2/c1-15(2)6-4-10-13-11(17-14-10)8-3-5-12-7-9(8)16/h3,5,7,16H,4,6H2,1-2H3. The fourth-order valence-electron chi connectivity index (χ4n) is 1.36. The summed E-state index contributed by atoms with van der Waals surface area (Å²) in [5, 5.41) is 13.5. The van der Waals surface area contributed by atoms with E-state index in [1.807, 2.05) is 19.0 Å². The Bertz CT molecular complexity index is 496. The fourth-order valence-corrected chi connectivity index (χ4v) is 1.36. The summed E-state index contributed by atoms with van der Waals surface area (Å²) >= 11 is 0. The van der Waals surface area contributed by atoms with Gasteiger partial charge in [0, 0.05) is 19.2 Å². The number of aromatic nitrogens is 3. The van der Waals surface area contributed by atoms with E-state index in [0.717, 1.165) is 6.54 Å². The van der Waals surface area contributed by atoms with E-state index in [2.05, 4.69) is 15.1 Å². The summed E-state index contributed by atoms with van der Waals surface area (Å²) in [5.41, 5.74) is 0.503. The van der Waals surface area contributed by atoms with Crippen LogP contribution in [0.1, 0.15) is 5.82 Å². The van der Waals surface area contributed by atoms with E-state index in [0.29, 0.717) is 23.7 Å². The lowest BCUT2D eigenvalue weighted by Gasteiger charge is -2.05. The van der Waals surface area contributed by atoms with Crippen LogP contribution in [0.4, 0.5) is 0 Å². The first-order valence-corrected chi connectivity index (χ1v) is 5.27. The van der Waals surface area contributed by atoms with E-state index in [-0.39, 0.29) is 5.75 Å². The number of pyridine rings is 1. The maximum Gasteiger partial charge on any atom is 0.261 e. The zero-order valence-corrected chi connectivity index (χ0v) is 9.79. The van der Waals surface area contributed by atoms with E-state index < -0.39 is 0 Å². The zero-order valence-electron chi connectivity index (χ0n) is 9.79. The molecule has 0 atom stereocenters. The number of rotatable bonds is 4. The smallest absolute Gasteiger partial charge is 0.261 e. The molecule has 17 heavy (non-hydrogen) atoms. The highest BCUT2D eigenvalue weighted by molar-refractivity contribution is 5.60. The van der Waals surface area contributed by atoms with Gasteiger partial charge in [0.25, 0.3) is 5.89 Å². The highest BCUT2D eigenvalue weighted by Gasteiger charge is 2.12. The molecule has 0 radical (unpaired) electrons. The van der Waals surface area contributed by atoms with Gasteiger partial charge in [-0.05, 0) is 20.2 Å². The van der Waals surface area contributed by atoms with Crippen molar-refractivity contribution in [1.82, 2.24) is 20.0 Å². The second kappa shape index (κ2) is 4.92. The molecule has 2 aromatic rings. The van der Waals surface area contributed by atoms with E-state index in [1.165, 1.54) is 6.20 Å². The van der Waals surface area contributed by atoms with Crippen molar-refractivity contribution in [2.24, 2.45) is 0 Å². The summed E-state index contributed by atoms with van der Waals surface area (Å²) < 4.78 is 5.10. The second-order valence-corrected chi connectivity index (χ2v) is 3.96. The first-order chi connectivity index (χ1) is 8.16. The quantitative estimate of drug-likeness (QED) is 0.848.